The number of fused-ring (bicyclic) bond motifs is 2. The summed E-state index contributed by atoms with van der Waals surface area (Å²) in [6.45, 7) is 5.30. The van der Waals surface area contributed by atoms with E-state index in [1.807, 2.05) is 38.1 Å². The summed E-state index contributed by atoms with van der Waals surface area (Å²) in [5, 5.41) is 10.7. The number of nitrogens with zero attached hydrogens (tertiary/aromatic N) is 3. The molecule has 0 unspecified atom stereocenters. The highest BCUT2D eigenvalue weighted by atomic mass is 16.6. The third-order valence-corrected chi connectivity index (χ3v) is 6.01. The van der Waals surface area contributed by atoms with Crippen molar-refractivity contribution in [3.05, 3.63) is 71.4 Å². The molecule has 184 valence electrons. The largest absolute Gasteiger partial charge is 0.486 e. The number of ether oxygens (including phenoxy) is 2. The number of carbonyl (C=O) groups is 2. The third kappa shape index (κ3) is 4.47. The number of carbonyl (C=O) groups excluding carboxylic acids is 2. The molecule has 0 fully saturated rings. The van der Waals surface area contributed by atoms with Crippen LogP contribution in [-0.2, 0) is 6.54 Å². The Kier molecular flexibility index (Phi) is 6.28. The first-order chi connectivity index (χ1) is 17.4. The van der Waals surface area contributed by atoms with Crippen molar-refractivity contribution in [2.75, 3.05) is 20.3 Å². The normalized spacial score (nSPS) is 12.6. The van der Waals surface area contributed by atoms with E-state index in [0.717, 1.165) is 11.1 Å². The number of pyridine rings is 1. The van der Waals surface area contributed by atoms with E-state index < -0.39 is 0 Å². The molecule has 1 aliphatic heterocycles. The van der Waals surface area contributed by atoms with Gasteiger partial charge in [0.1, 0.15) is 13.2 Å². The minimum Gasteiger partial charge on any atom is -0.486 e. The Morgan fingerprint density at radius 2 is 1.83 bits per heavy atom. The van der Waals surface area contributed by atoms with Gasteiger partial charge in [-0.25, -0.2) is 9.67 Å². The zero-order valence-electron chi connectivity index (χ0n) is 20.4. The standard InChI is InChI=1S/C27H27N5O4/c1-16(2)32-25-21(15-30-32)20(27(34)29-14-17-5-4-6-19(11-17)26(33)28-3)13-22(31-25)18-7-8-23-24(12-18)36-10-9-35-23/h4-8,11-13,15-16H,9-10,14H2,1-3H3,(H,28,33)(H,29,34). The average Bonchev–Trinajstić information content (AvgIpc) is 3.35. The molecule has 0 aliphatic carbocycles. The fourth-order valence-electron chi connectivity index (χ4n) is 4.18. The maximum Gasteiger partial charge on any atom is 0.252 e. The molecular weight excluding hydrogens is 458 g/mol. The summed E-state index contributed by atoms with van der Waals surface area (Å²) in [6.07, 6.45) is 1.68. The Morgan fingerprint density at radius 1 is 1.03 bits per heavy atom. The van der Waals surface area contributed by atoms with E-state index in [4.69, 9.17) is 14.5 Å². The van der Waals surface area contributed by atoms with Gasteiger partial charge in [0.25, 0.3) is 11.8 Å². The van der Waals surface area contributed by atoms with Crippen molar-refractivity contribution in [2.45, 2.75) is 26.4 Å². The van der Waals surface area contributed by atoms with Crippen LogP contribution in [0.5, 0.6) is 11.5 Å². The van der Waals surface area contributed by atoms with Crippen LogP contribution in [0.4, 0.5) is 0 Å². The van der Waals surface area contributed by atoms with Crippen LogP contribution in [0.3, 0.4) is 0 Å². The first kappa shape index (κ1) is 23.3. The van der Waals surface area contributed by atoms with Crippen molar-refractivity contribution in [2.24, 2.45) is 0 Å². The highest BCUT2D eigenvalue weighted by Gasteiger charge is 2.20. The number of nitrogens with one attached hydrogen (secondary N) is 2. The lowest BCUT2D eigenvalue weighted by Crippen LogP contribution is -2.24. The van der Waals surface area contributed by atoms with Gasteiger partial charge in [0.05, 0.1) is 22.8 Å². The quantitative estimate of drug-likeness (QED) is 0.431. The number of amides is 2. The topological polar surface area (TPSA) is 107 Å². The molecule has 1 aliphatic rings. The summed E-state index contributed by atoms with van der Waals surface area (Å²) in [5.41, 5.74) is 3.90. The molecule has 0 saturated carbocycles. The van der Waals surface area contributed by atoms with Crippen molar-refractivity contribution < 1.29 is 19.1 Å². The number of benzene rings is 2. The van der Waals surface area contributed by atoms with Crippen LogP contribution in [0.1, 0.15) is 46.2 Å². The van der Waals surface area contributed by atoms with E-state index in [1.54, 1.807) is 42.2 Å². The molecule has 3 heterocycles. The Hall–Kier alpha value is -4.40. The molecule has 2 amide bonds. The molecular formula is C27H27N5O4. The van der Waals surface area contributed by atoms with Crippen LogP contribution in [-0.4, -0.2) is 46.8 Å². The number of aromatic nitrogens is 3. The molecule has 2 N–H and O–H groups in total. The van der Waals surface area contributed by atoms with Gasteiger partial charge in [-0.3, -0.25) is 9.59 Å². The van der Waals surface area contributed by atoms with Crippen molar-refractivity contribution in [1.82, 2.24) is 25.4 Å². The molecule has 0 radical (unpaired) electrons. The zero-order valence-corrected chi connectivity index (χ0v) is 20.4. The molecule has 0 saturated heterocycles. The maximum absolute atomic E-state index is 13.4. The molecule has 4 aromatic rings. The number of rotatable bonds is 6. The SMILES string of the molecule is CNC(=O)c1cccc(CNC(=O)c2cc(-c3ccc4c(c3)OCCO4)nc3c2cnn3C(C)C)c1. The lowest BCUT2D eigenvalue weighted by atomic mass is 10.1. The van der Waals surface area contributed by atoms with Crippen molar-refractivity contribution in [3.63, 3.8) is 0 Å². The number of hydrogen-bond acceptors (Lipinski definition) is 6. The van der Waals surface area contributed by atoms with Crippen LogP contribution in [0.15, 0.2) is 54.7 Å². The molecule has 36 heavy (non-hydrogen) atoms. The molecule has 0 spiro atoms. The van der Waals surface area contributed by atoms with Crippen molar-refractivity contribution in [1.29, 1.82) is 0 Å². The summed E-state index contributed by atoms with van der Waals surface area (Å²) in [5.74, 6) is 0.911. The highest BCUT2D eigenvalue weighted by molar-refractivity contribution is 6.06. The molecule has 2 aromatic heterocycles. The molecule has 5 rings (SSSR count). The Bertz CT molecular complexity index is 1460. The van der Waals surface area contributed by atoms with Crippen LogP contribution < -0.4 is 20.1 Å². The molecule has 0 bridgehead atoms. The second-order valence-electron chi connectivity index (χ2n) is 8.80. The van der Waals surface area contributed by atoms with Gasteiger partial charge in [-0.1, -0.05) is 12.1 Å². The van der Waals surface area contributed by atoms with E-state index in [9.17, 15) is 9.59 Å². The lowest BCUT2D eigenvalue weighted by molar-refractivity contribution is 0.0950. The minimum absolute atomic E-state index is 0.0638. The zero-order chi connectivity index (χ0) is 25.2. The van der Waals surface area contributed by atoms with Gasteiger partial charge in [0.15, 0.2) is 17.1 Å². The second kappa shape index (κ2) is 9.69. The van der Waals surface area contributed by atoms with Gasteiger partial charge in [-0.05, 0) is 55.8 Å². The van der Waals surface area contributed by atoms with E-state index >= 15 is 0 Å². The number of hydrogen-bond donors (Lipinski definition) is 2. The summed E-state index contributed by atoms with van der Waals surface area (Å²) < 4.78 is 13.2. The third-order valence-electron chi connectivity index (χ3n) is 6.01. The van der Waals surface area contributed by atoms with E-state index in [0.29, 0.717) is 52.6 Å². The molecule has 9 heteroatoms. The van der Waals surface area contributed by atoms with Gasteiger partial charge in [-0.2, -0.15) is 5.10 Å². The van der Waals surface area contributed by atoms with Crippen LogP contribution >= 0.6 is 0 Å². The van der Waals surface area contributed by atoms with Crippen LogP contribution in [0.2, 0.25) is 0 Å². The van der Waals surface area contributed by atoms with Crippen molar-refractivity contribution >= 4 is 22.8 Å². The van der Waals surface area contributed by atoms with Crippen molar-refractivity contribution in [3.8, 4) is 22.8 Å². The molecule has 9 nitrogen and oxygen atoms in total. The monoisotopic (exact) mass is 485 g/mol. The van der Waals surface area contributed by atoms with E-state index in [-0.39, 0.29) is 24.4 Å². The smallest absolute Gasteiger partial charge is 0.252 e. The Morgan fingerprint density at radius 3 is 2.61 bits per heavy atom. The predicted octanol–water partition coefficient (Wildman–Crippen LogP) is 3.74. The van der Waals surface area contributed by atoms with Crippen LogP contribution in [0.25, 0.3) is 22.3 Å². The summed E-state index contributed by atoms with van der Waals surface area (Å²) >= 11 is 0. The Balaban J connectivity index is 1.50. The van der Waals surface area contributed by atoms with Gasteiger partial charge in [0.2, 0.25) is 0 Å². The van der Waals surface area contributed by atoms with Gasteiger partial charge >= 0.3 is 0 Å². The van der Waals surface area contributed by atoms with Crippen LogP contribution in [0, 0.1) is 0 Å². The van der Waals surface area contributed by atoms with Gasteiger partial charge in [-0.15, -0.1) is 0 Å². The van der Waals surface area contributed by atoms with Gasteiger partial charge < -0.3 is 20.1 Å². The average molecular weight is 486 g/mol. The minimum atomic E-state index is -0.255. The van der Waals surface area contributed by atoms with E-state index in [1.165, 1.54) is 0 Å². The highest BCUT2D eigenvalue weighted by Crippen LogP contribution is 2.35. The molecule has 2 aromatic carbocycles. The Labute approximate surface area is 208 Å². The van der Waals surface area contributed by atoms with E-state index in [2.05, 4.69) is 15.7 Å². The first-order valence-corrected chi connectivity index (χ1v) is 11.8. The predicted molar refractivity (Wildman–Crippen MR) is 135 cm³/mol. The second-order valence-corrected chi connectivity index (χ2v) is 8.80. The fraction of sp³-hybridized carbons (Fsp3) is 0.259. The molecule has 0 atom stereocenters. The maximum atomic E-state index is 13.4. The lowest BCUT2D eigenvalue weighted by Gasteiger charge is -2.19. The summed E-state index contributed by atoms with van der Waals surface area (Å²) in [4.78, 5) is 30.2. The van der Waals surface area contributed by atoms with Gasteiger partial charge in [0, 0.05) is 30.8 Å². The summed E-state index contributed by atoms with van der Waals surface area (Å²) in [6, 6.07) is 14.6. The summed E-state index contributed by atoms with van der Waals surface area (Å²) in [7, 11) is 1.59. The first-order valence-electron chi connectivity index (χ1n) is 11.8. The fourth-order valence-corrected chi connectivity index (χ4v) is 4.18.